The van der Waals surface area contributed by atoms with Crippen molar-refractivity contribution in [1.82, 2.24) is 19.9 Å². The Morgan fingerprint density at radius 2 is 1.92 bits per heavy atom. The highest BCUT2D eigenvalue weighted by Gasteiger charge is 2.20. The zero-order valence-electron chi connectivity index (χ0n) is 14.7. The average molecular weight is 369 g/mol. The molecule has 0 saturated carbocycles. The predicted molar refractivity (Wildman–Crippen MR) is 101 cm³/mol. The lowest BCUT2D eigenvalue weighted by Gasteiger charge is -2.17. The second kappa shape index (κ2) is 7.25. The maximum atomic E-state index is 5.28. The van der Waals surface area contributed by atoms with Crippen molar-refractivity contribution in [2.75, 3.05) is 32.2 Å². The molecule has 1 aliphatic rings. The third-order valence-electron chi connectivity index (χ3n) is 4.27. The van der Waals surface area contributed by atoms with Crippen molar-refractivity contribution in [3.8, 4) is 33.7 Å². The standard InChI is InChI=1S/C18H19N5O2S/c1-24-15-10-13(20-18(21-15)25-2)12-11-19-17(23-7-3-4-8-23)22-16(12)14-6-5-9-26-14/h5-6,9-11H,3-4,7-8H2,1-2H3. The molecule has 1 saturated heterocycles. The molecule has 8 heteroatoms. The fourth-order valence-corrected chi connectivity index (χ4v) is 3.70. The molecular formula is C18H19N5O2S. The Kier molecular flexibility index (Phi) is 4.66. The van der Waals surface area contributed by atoms with E-state index in [2.05, 4.69) is 25.9 Å². The van der Waals surface area contributed by atoms with E-state index in [-0.39, 0.29) is 6.01 Å². The molecule has 0 radical (unpaired) electrons. The zero-order chi connectivity index (χ0) is 17.9. The summed E-state index contributed by atoms with van der Waals surface area (Å²) in [7, 11) is 3.10. The summed E-state index contributed by atoms with van der Waals surface area (Å²) in [6.45, 7) is 2.00. The topological polar surface area (TPSA) is 73.3 Å². The molecule has 7 nitrogen and oxygen atoms in total. The predicted octanol–water partition coefficient (Wildman–Crippen LogP) is 3.28. The van der Waals surface area contributed by atoms with E-state index in [1.807, 2.05) is 17.6 Å². The zero-order valence-corrected chi connectivity index (χ0v) is 15.5. The number of anilines is 1. The molecule has 3 aromatic rings. The van der Waals surface area contributed by atoms with E-state index in [0.29, 0.717) is 11.6 Å². The van der Waals surface area contributed by atoms with Gasteiger partial charge in [0.1, 0.15) is 0 Å². The van der Waals surface area contributed by atoms with E-state index in [9.17, 15) is 0 Å². The minimum atomic E-state index is 0.250. The van der Waals surface area contributed by atoms with Crippen molar-refractivity contribution in [1.29, 1.82) is 0 Å². The van der Waals surface area contributed by atoms with Gasteiger partial charge >= 0.3 is 6.01 Å². The number of aromatic nitrogens is 4. The van der Waals surface area contributed by atoms with Crippen molar-refractivity contribution in [3.63, 3.8) is 0 Å². The van der Waals surface area contributed by atoms with Crippen LogP contribution in [0.15, 0.2) is 29.8 Å². The molecular weight excluding hydrogens is 350 g/mol. The normalized spacial score (nSPS) is 13.8. The molecule has 1 fully saturated rings. The quantitative estimate of drug-likeness (QED) is 0.683. The molecule has 0 unspecified atom stereocenters. The lowest BCUT2D eigenvalue weighted by molar-refractivity contribution is 0.353. The van der Waals surface area contributed by atoms with Crippen LogP contribution in [0.2, 0.25) is 0 Å². The summed E-state index contributed by atoms with van der Waals surface area (Å²) in [4.78, 5) is 21.4. The van der Waals surface area contributed by atoms with Gasteiger partial charge in [-0.1, -0.05) is 6.07 Å². The summed E-state index contributed by atoms with van der Waals surface area (Å²) in [5.74, 6) is 1.20. The highest BCUT2D eigenvalue weighted by Crippen LogP contribution is 2.35. The largest absolute Gasteiger partial charge is 0.481 e. The van der Waals surface area contributed by atoms with Gasteiger partial charge < -0.3 is 14.4 Å². The van der Waals surface area contributed by atoms with Crippen molar-refractivity contribution < 1.29 is 9.47 Å². The number of hydrogen-bond acceptors (Lipinski definition) is 8. The molecule has 0 atom stereocenters. The monoisotopic (exact) mass is 369 g/mol. The summed E-state index contributed by atoms with van der Waals surface area (Å²) < 4.78 is 10.5. The summed E-state index contributed by atoms with van der Waals surface area (Å²) in [5.41, 5.74) is 2.36. The number of nitrogens with zero attached hydrogens (tertiary/aromatic N) is 5. The highest BCUT2D eigenvalue weighted by atomic mass is 32.1. The second-order valence-corrected chi connectivity index (χ2v) is 6.83. The maximum Gasteiger partial charge on any atom is 0.320 e. The van der Waals surface area contributed by atoms with Crippen LogP contribution in [0, 0.1) is 0 Å². The molecule has 3 aromatic heterocycles. The van der Waals surface area contributed by atoms with Crippen LogP contribution in [0.25, 0.3) is 21.8 Å². The number of rotatable bonds is 5. The van der Waals surface area contributed by atoms with Crippen LogP contribution < -0.4 is 14.4 Å². The highest BCUT2D eigenvalue weighted by molar-refractivity contribution is 7.13. The lowest BCUT2D eigenvalue weighted by atomic mass is 10.1. The molecule has 4 heterocycles. The maximum absolute atomic E-state index is 5.28. The van der Waals surface area contributed by atoms with Crippen molar-refractivity contribution in [3.05, 3.63) is 29.8 Å². The Morgan fingerprint density at radius 3 is 2.62 bits per heavy atom. The van der Waals surface area contributed by atoms with Gasteiger partial charge in [-0.2, -0.15) is 9.97 Å². The van der Waals surface area contributed by atoms with E-state index in [4.69, 9.17) is 14.5 Å². The van der Waals surface area contributed by atoms with Crippen molar-refractivity contribution in [2.24, 2.45) is 0 Å². The lowest BCUT2D eigenvalue weighted by Crippen LogP contribution is -2.20. The van der Waals surface area contributed by atoms with Gasteiger partial charge in [0.15, 0.2) is 0 Å². The summed E-state index contributed by atoms with van der Waals surface area (Å²) >= 11 is 1.64. The molecule has 0 spiro atoms. The Hall–Kier alpha value is -2.74. The first-order chi connectivity index (χ1) is 12.8. The Balaban J connectivity index is 1.85. The smallest absolute Gasteiger partial charge is 0.320 e. The Morgan fingerprint density at radius 1 is 1.08 bits per heavy atom. The number of methoxy groups -OCH3 is 2. The van der Waals surface area contributed by atoms with Crippen LogP contribution in [0.1, 0.15) is 12.8 Å². The third kappa shape index (κ3) is 3.20. The second-order valence-electron chi connectivity index (χ2n) is 5.89. The summed E-state index contributed by atoms with van der Waals surface area (Å²) in [6, 6.07) is 6.09. The van der Waals surface area contributed by atoms with Gasteiger partial charge in [-0.05, 0) is 24.3 Å². The van der Waals surface area contributed by atoms with Gasteiger partial charge in [0.25, 0.3) is 0 Å². The SMILES string of the molecule is COc1cc(-c2cnc(N3CCCC3)nc2-c2cccs2)nc(OC)n1. The van der Waals surface area contributed by atoms with Gasteiger partial charge in [-0.3, -0.25) is 0 Å². The fourth-order valence-electron chi connectivity index (χ4n) is 2.97. The molecule has 0 aromatic carbocycles. The van der Waals surface area contributed by atoms with Gasteiger partial charge in [0.2, 0.25) is 11.8 Å². The van der Waals surface area contributed by atoms with E-state index in [1.54, 1.807) is 24.5 Å². The molecule has 134 valence electrons. The van der Waals surface area contributed by atoms with Crippen LogP contribution in [-0.4, -0.2) is 47.2 Å². The molecule has 0 amide bonds. The van der Waals surface area contributed by atoms with Crippen LogP contribution in [0.3, 0.4) is 0 Å². The Bertz CT molecular complexity index is 872. The minimum Gasteiger partial charge on any atom is -0.481 e. The van der Waals surface area contributed by atoms with Gasteiger partial charge in [-0.25, -0.2) is 9.97 Å². The van der Waals surface area contributed by atoms with Crippen LogP contribution in [-0.2, 0) is 0 Å². The number of hydrogen-bond donors (Lipinski definition) is 0. The minimum absolute atomic E-state index is 0.250. The third-order valence-corrected chi connectivity index (χ3v) is 5.15. The first-order valence-electron chi connectivity index (χ1n) is 8.42. The van der Waals surface area contributed by atoms with E-state index < -0.39 is 0 Å². The average Bonchev–Trinajstić information content (AvgIpc) is 3.41. The molecule has 1 aliphatic heterocycles. The first kappa shape index (κ1) is 16.7. The number of thiophene rings is 1. The number of ether oxygens (including phenoxy) is 2. The van der Waals surface area contributed by atoms with Crippen LogP contribution in [0.5, 0.6) is 11.9 Å². The van der Waals surface area contributed by atoms with Gasteiger partial charge in [0.05, 0.1) is 30.5 Å². The van der Waals surface area contributed by atoms with Crippen molar-refractivity contribution >= 4 is 17.3 Å². The fraction of sp³-hybridized carbons (Fsp3) is 0.333. The molecule has 0 N–H and O–H groups in total. The Labute approximate surface area is 155 Å². The molecule has 0 bridgehead atoms. The van der Waals surface area contributed by atoms with E-state index in [0.717, 1.165) is 35.2 Å². The molecule has 0 aliphatic carbocycles. The van der Waals surface area contributed by atoms with Crippen molar-refractivity contribution in [2.45, 2.75) is 12.8 Å². The van der Waals surface area contributed by atoms with Crippen LogP contribution in [0.4, 0.5) is 5.95 Å². The molecule has 26 heavy (non-hydrogen) atoms. The van der Waals surface area contributed by atoms with Gasteiger partial charge in [0, 0.05) is 30.9 Å². The first-order valence-corrected chi connectivity index (χ1v) is 9.30. The van der Waals surface area contributed by atoms with E-state index >= 15 is 0 Å². The van der Waals surface area contributed by atoms with Crippen LogP contribution >= 0.6 is 11.3 Å². The molecule has 4 rings (SSSR count). The summed E-state index contributed by atoms with van der Waals surface area (Å²) in [5, 5.41) is 2.04. The van der Waals surface area contributed by atoms with Gasteiger partial charge in [-0.15, -0.1) is 11.3 Å². The van der Waals surface area contributed by atoms with E-state index in [1.165, 1.54) is 20.0 Å². The summed E-state index contributed by atoms with van der Waals surface area (Å²) in [6.07, 6.45) is 4.19.